The fraction of sp³-hybridized carbons (Fsp3) is 0.640. The number of fused-ring (bicyclic) bond motifs is 7. The Morgan fingerprint density at radius 2 is 1.42 bits per heavy atom. The molecule has 0 heterocycles. The molecule has 7 rings (SSSR count). The van der Waals surface area contributed by atoms with Gasteiger partial charge in [-0.2, -0.15) is 0 Å². The molecule has 2 aromatic carbocycles. The summed E-state index contributed by atoms with van der Waals surface area (Å²) >= 11 is 0. The number of ether oxygens (including phenoxy) is 2. The third kappa shape index (κ3) is 7.28. The van der Waals surface area contributed by atoms with E-state index in [2.05, 4.69) is 59.6 Å². The number of carbonyl (C=O) groups excluding carboxylic acids is 4. The number of esters is 2. The lowest BCUT2D eigenvalue weighted by Gasteiger charge is -2.70. The summed E-state index contributed by atoms with van der Waals surface area (Å²) in [5.41, 5.74) is 5.98. The van der Waals surface area contributed by atoms with Crippen LogP contribution in [0, 0.1) is 50.2 Å². The molecule has 0 spiro atoms. The Balaban J connectivity index is 1.21. The molecule has 0 saturated heterocycles. The van der Waals surface area contributed by atoms with Crippen LogP contribution in [0.25, 0.3) is 0 Å². The van der Waals surface area contributed by atoms with Crippen LogP contribution in [0.15, 0.2) is 72.3 Å². The molecular formula is C50H70N2O6Si. The number of amides is 1. The molecule has 0 bridgehead atoms. The molecule has 10 atom stereocenters. The number of benzene rings is 2. The first-order valence-corrected chi connectivity index (χ1v) is 26.1. The Morgan fingerprint density at radius 1 is 0.814 bits per heavy atom. The Labute approximate surface area is 354 Å². The minimum absolute atomic E-state index is 0.0362. The Morgan fingerprint density at radius 3 is 2.02 bits per heavy atom. The van der Waals surface area contributed by atoms with Gasteiger partial charge in [0.2, 0.25) is 5.91 Å². The summed E-state index contributed by atoms with van der Waals surface area (Å²) in [6.45, 7) is 20.5. The van der Waals surface area contributed by atoms with E-state index in [9.17, 15) is 14.4 Å². The van der Waals surface area contributed by atoms with Crippen LogP contribution in [0.3, 0.4) is 0 Å². The normalized spacial score (nSPS) is 37.8. The van der Waals surface area contributed by atoms with Gasteiger partial charge in [0, 0.05) is 20.0 Å². The summed E-state index contributed by atoms with van der Waals surface area (Å²) in [5, 5.41) is 3.13. The van der Waals surface area contributed by atoms with E-state index in [1.807, 2.05) is 73.7 Å². The van der Waals surface area contributed by atoms with Crippen molar-refractivity contribution in [3.05, 3.63) is 83.4 Å². The Bertz CT molecular complexity index is 1940. The van der Waals surface area contributed by atoms with Crippen molar-refractivity contribution in [2.75, 3.05) is 13.2 Å². The molecule has 1 amide bonds. The third-order valence-corrected chi connectivity index (χ3v) is 18.9. The highest BCUT2D eigenvalue weighted by atomic mass is 28.3. The predicted molar refractivity (Wildman–Crippen MR) is 235 cm³/mol. The molecule has 4 saturated carbocycles. The first-order valence-electron chi connectivity index (χ1n) is 22.4. The molecule has 0 radical (unpaired) electrons. The molecule has 0 aromatic heterocycles. The van der Waals surface area contributed by atoms with Crippen LogP contribution in [0.1, 0.15) is 117 Å². The highest BCUT2D eigenvalue weighted by Gasteiger charge is 2.72. The Kier molecular flexibility index (Phi) is 11.4. The molecule has 320 valence electrons. The second-order valence-electron chi connectivity index (χ2n) is 22.0. The largest absolute Gasteiger partial charge is 0.466 e. The highest BCUT2D eigenvalue weighted by Crippen LogP contribution is 2.75. The number of nitrogens with one attached hydrogen (secondary N) is 1. The van der Waals surface area contributed by atoms with Crippen LogP contribution >= 0.6 is 0 Å². The summed E-state index contributed by atoms with van der Waals surface area (Å²) in [7, 11) is -1.47. The SMILES string of the molecule is C[C@]1(C(=O)OC(c2ccccc2)c2ccccc2)CC[C@]2(C)CC[C@]3(C)C(=CC(=O)[C@@H]4[C@@]5(C)CC[C@H](NC(=O)CN)[C@@](C)(C(=O)OCC[Si](C)(C)C)[C@@H]5CC[C@]43C)[C@@H]2C1. The van der Waals surface area contributed by atoms with Crippen molar-refractivity contribution >= 4 is 31.7 Å². The van der Waals surface area contributed by atoms with Gasteiger partial charge in [0.05, 0.1) is 24.0 Å². The van der Waals surface area contributed by atoms with Gasteiger partial charge in [-0.25, -0.2) is 0 Å². The van der Waals surface area contributed by atoms with Gasteiger partial charge in [-0.05, 0) is 128 Å². The lowest BCUT2D eigenvalue weighted by Crippen LogP contribution is -2.69. The fourth-order valence-electron chi connectivity index (χ4n) is 13.3. The fourth-order valence-corrected chi connectivity index (χ4v) is 14.0. The number of ketones is 1. The van der Waals surface area contributed by atoms with Crippen molar-refractivity contribution in [1.29, 1.82) is 0 Å². The minimum Gasteiger partial charge on any atom is -0.466 e. The highest BCUT2D eigenvalue weighted by molar-refractivity contribution is 6.76. The van der Waals surface area contributed by atoms with Crippen LogP contribution in [0.4, 0.5) is 0 Å². The smallest absolute Gasteiger partial charge is 0.314 e. The lowest BCUT2D eigenvalue weighted by molar-refractivity contribution is -0.204. The van der Waals surface area contributed by atoms with E-state index >= 15 is 4.79 Å². The van der Waals surface area contributed by atoms with Crippen LogP contribution in [0.5, 0.6) is 0 Å². The van der Waals surface area contributed by atoms with Gasteiger partial charge in [0.1, 0.15) is 0 Å². The average Bonchev–Trinajstić information content (AvgIpc) is 3.19. The van der Waals surface area contributed by atoms with Crippen molar-refractivity contribution in [3.63, 3.8) is 0 Å². The summed E-state index contributed by atoms with van der Waals surface area (Å²) in [6.07, 6.45) is 8.58. The number of rotatable bonds is 10. The van der Waals surface area contributed by atoms with Crippen molar-refractivity contribution in [3.8, 4) is 0 Å². The number of hydrogen-bond donors (Lipinski definition) is 2. The second-order valence-corrected chi connectivity index (χ2v) is 27.6. The van der Waals surface area contributed by atoms with Gasteiger partial charge in [-0.1, -0.05) is 114 Å². The molecule has 2 aromatic rings. The zero-order valence-electron chi connectivity index (χ0n) is 37.2. The standard InChI is InChI=1S/C50H70N2O6Si/c1-45-24-25-46(2,43(55)58-41(33-16-12-10-13-17-33)34-18-14-11-15-19-34)31-36(45)35-30-37(53)42-47(3)22-21-39(52-40(54)32-51)50(6,44(56)57-28-29-59(7,8)9)38(47)20-23-49(42,5)48(35,4)27-26-45/h10-19,30,36,38-39,41-42H,20-29,31-32,51H2,1-9H3,(H,52,54)/t36-,38+,39-,42+,45+,46-,47-,48+,49+,50-/m0/s1. The molecule has 5 aliphatic carbocycles. The predicted octanol–water partition coefficient (Wildman–Crippen LogP) is 9.60. The summed E-state index contributed by atoms with van der Waals surface area (Å²) in [6, 6.07) is 20.4. The summed E-state index contributed by atoms with van der Waals surface area (Å²) in [5.74, 6) is -0.997. The van der Waals surface area contributed by atoms with Crippen molar-refractivity contribution < 1.29 is 28.7 Å². The minimum atomic E-state index is -1.47. The first-order chi connectivity index (χ1) is 27.7. The molecule has 9 heteroatoms. The number of allylic oxidation sites excluding steroid dienone is 2. The van der Waals surface area contributed by atoms with Crippen LogP contribution < -0.4 is 11.1 Å². The van der Waals surface area contributed by atoms with E-state index < -0.39 is 36.5 Å². The van der Waals surface area contributed by atoms with Crippen molar-refractivity contribution in [1.82, 2.24) is 5.32 Å². The average molecular weight is 823 g/mol. The van der Waals surface area contributed by atoms with Crippen LogP contribution in [0.2, 0.25) is 25.7 Å². The van der Waals surface area contributed by atoms with Crippen molar-refractivity contribution in [2.45, 2.75) is 137 Å². The van der Waals surface area contributed by atoms with Gasteiger partial charge in [0.25, 0.3) is 0 Å². The van der Waals surface area contributed by atoms with Gasteiger partial charge >= 0.3 is 11.9 Å². The molecule has 3 N–H and O–H groups in total. The number of carbonyl (C=O) groups is 4. The summed E-state index contributed by atoms with van der Waals surface area (Å²) < 4.78 is 12.7. The third-order valence-electron chi connectivity index (χ3n) is 17.2. The maximum Gasteiger partial charge on any atom is 0.314 e. The second kappa shape index (κ2) is 15.4. The van der Waals surface area contributed by atoms with Crippen molar-refractivity contribution in [2.24, 2.45) is 56.0 Å². The van der Waals surface area contributed by atoms with E-state index in [1.165, 1.54) is 5.57 Å². The van der Waals surface area contributed by atoms with E-state index in [4.69, 9.17) is 15.2 Å². The molecule has 59 heavy (non-hydrogen) atoms. The topological polar surface area (TPSA) is 125 Å². The zero-order valence-corrected chi connectivity index (χ0v) is 38.2. The van der Waals surface area contributed by atoms with Gasteiger partial charge in [-0.3, -0.25) is 19.2 Å². The molecule has 0 aliphatic heterocycles. The van der Waals surface area contributed by atoms with E-state index in [1.54, 1.807) is 0 Å². The van der Waals surface area contributed by atoms with E-state index in [0.717, 1.165) is 55.7 Å². The molecular weight excluding hydrogens is 753 g/mol. The molecule has 0 unspecified atom stereocenters. The van der Waals surface area contributed by atoms with Crippen LogP contribution in [-0.2, 0) is 28.7 Å². The summed E-state index contributed by atoms with van der Waals surface area (Å²) in [4.78, 5) is 57.2. The maximum absolute atomic E-state index is 15.2. The van der Waals surface area contributed by atoms with E-state index in [0.29, 0.717) is 25.9 Å². The first kappa shape index (κ1) is 43.5. The number of hydrogen-bond acceptors (Lipinski definition) is 7. The van der Waals surface area contributed by atoms with Gasteiger partial charge in [-0.15, -0.1) is 0 Å². The molecule has 4 fully saturated rings. The number of nitrogens with two attached hydrogens (primary N) is 1. The molecule has 5 aliphatic rings. The maximum atomic E-state index is 15.2. The molecule has 8 nitrogen and oxygen atoms in total. The van der Waals surface area contributed by atoms with Crippen LogP contribution in [-0.4, -0.2) is 50.9 Å². The van der Waals surface area contributed by atoms with Gasteiger partial charge in [0.15, 0.2) is 11.9 Å². The van der Waals surface area contributed by atoms with Gasteiger partial charge < -0.3 is 20.5 Å². The van der Waals surface area contributed by atoms with E-state index in [-0.39, 0.29) is 64.2 Å². The quantitative estimate of drug-likeness (QED) is 0.181. The lowest BCUT2D eigenvalue weighted by atomic mass is 9.33. The zero-order chi connectivity index (χ0) is 42.8. The Hall–Kier alpha value is -3.56. The monoisotopic (exact) mass is 823 g/mol.